The number of unbranched alkanes of at least 4 members (excludes halogenated alkanes) is 5. The molecule has 1 unspecified atom stereocenters. The molecule has 0 bridgehead atoms. The molecule has 5 heteroatoms. The van der Waals surface area contributed by atoms with Crippen LogP contribution in [0.3, 0.4) is 0 Å². The Labute approximate surface area is 170 Å². The molecule has 0 spiro atoms. The van der Waals surface area contributed by atoms with E-state index in [1.54, 1.807) is 0 Å². The molecule has 1 rings (SSSR count). The molecule has 4 nitrogen and oxygen atoms in total. The predicted octanol–water partition coefficient (Wildman–Crippen LogP) is 6.51. The molecule has 0 aliphatic heterocycles. The van der Waals surface area contributed by atoms with E-state index in [1.807, 2.05) is 51.1 Å². The van der Waals surface area contributed by atoms with Crippen LogP contribution in [0.2, 0.25) is 0 Å². The molecule has 0 aliphatic rings. The molecule has 0 radical (unpaired) electrons. The van der Waals surface area contributed by atoms with E-state index < -0.39 is 11.0 Å². The Morgan fingerprint density at radius 3 is 1.78 bits per heavy atom. The molecule has 1 atom stereocenters. The molecule has 1 aromatic rings. The summed E-state index contributed by atoms with van der Waals surface area (Å²) in [6.45, 7) is 9.14. The van der Waals surface area contributed by atoms with Crippen LogP contribution in [0.5, 0.6) is 5.75 Å². The van der Waals surface area contributed by atoms with E-state index in [0.717, 1.165) is 12.8 Å². The van der Waals surface area contributed by atoms with Gasteiger partial charge in [0.1, 0.15) is 5.75 Å². The monoisotopic (exact) mass is 400 g/mol. The second-order valence-corrected chi connectivity index (χ2v) is 7.13. The lowest BCUT2D eigenvalue weighted by Crippen LogP contribution is -2.59. The highest BCUT2D eigenvalue weighted by atomic mass is 35.5. The third-order valence-corrected chi connectivity index (χ3v) is 4.83. The highest BCUT2D eigenvalue weighted by molar-refractivity contribution is 6.23. The van der Waals surface area contributed by atoms with E-state index in [-0.39, 0.29) is 0 Å². The smallest absolute Gasteiger partial charge is 0.340 e. The summed E-state index contributed by atoms with van der Waals surface area (Å²) >= 11 is 7.08. The third-order valence-electron chi connectivity index (χ3n) is 4.34. The van der Waals surface area contributed by atoms with Crippen molar-refractivity contribution < 1.29 is 18.9 Å². The number of rotatable bonds is 16. The quantitative estimate of drug-likeness (QED) is 0.180. The van der Waals surface area contributed by atoms with Crippen molar-refractivity contribution in [2.75, 3.05) is 19.8 Å². The van der Waals surface area contributed by atoms with Gasteiger partial charge in [-0.25, -0.2) is 0 Å². The van der Waals surface area contributed by atoms with Gasteiger partial charge in [0, 0.05) is 26.2 Å². The Bertz CT molecular complexity index is 465. The Morgan fingerprint density at radius 2 is 1.26 bits per heavy atom. The number of alkyl halides is 1. The highest BCUT2D eigenvalue weighted by Crippen LogP contribution is 2.41. The van der Waals surface area contributed by atoms with Crippen LogP contribution in [-0.4, -0.2) is 30.9 Å². The molecular formula is C22H37ClO4. The van der Waals surface area contributed by atoms with E-state index in [1.165, 1.54) is 25.7 Å². The van der Waals surface area contributed by atoms with Gasteiger partial charge in [0.25, 0.3) is 5.06 Å². The summed E-state index contributed by atoms with van der Waals surface area (Å²) in [6, 6.07) is 9.54. The van der Waals surface area contributed by atoms with Crippen LogP contribution in [0.15, 0.2) is 30.3 Å². The van der Waals surface area contributed by atoms with Gasteiger partial charge in [0.2, 0.25) is 0 Å². The van der Waals surface area contributed by atoms with Crippen LogP contribution < -0.4 is 4.74 Å². The van der Waals surface area contributed by atoms with Gasteiger partial charge in [-0.05, 0) is 39.3 Å². The molecule has 0 aliphatic carbocycles. The molecular weight excluding hydrogens is 364 g/mol. The Kier molecular flexibility index (Phi) is 12.0. The van der Waals surface area contributed by atoms with Gasteiger partial charge in [-0.15, -0.1) is 0 Å². The first kappa shape index (κ1) is 24.2. The molecule has 0 N–H and O–H groups in total. The summed E-state index contributed by atoms with van der Waals surface area (Å²) in [5.74, 6) is -0.784. The average molecular weight is 401 g/mol. The molecule has 0 saturated heterocycles. The van der Waals surface area contributed by atoms with Gasteiger partial charge in [0.15, 0.2) is 0 Å². The van der Waals surface area contributed by atoms with Crippen LogP contribution in [0.4, 0.5) is 0 Å². The molecule has 0 fully saturated rings. The Morgan fingerprint density at radius 1 is 0.741 bits per heavy atom. The predicted molar refractivity (Wildman–Crippen MR) is 111 cm³/mol. The van der Waals surface area contributed by atoms with Gasteiger partial charge in [-0.2, -0.15) is 0 Å². The minimum atomic E-state index is -1.45. The maximum absolute atomic E-state index is 7.08. The van der Waals surface area contributed by atoms with E-state index in [4.69, 9.17) is 30.5 Å². The van der Waals surface area contributed by atoms with E-state index in [2.05, 4.69) is 6.92 Å². The zero-order chi connectivity index (χ0) is 20.0. The molecule has 27 heavy (non-hydrogen) atoms. The van der Waals surface area contributed by atoms with E-state index in [0.29, 0.717) is 32.0 Å². The summed E-state index contributed by atoms with van der Waals surface area (Å²) in [7, 11) is 0. The van der Waals surface area contributed by atoms with Crippen molar-refractivity contribution in [2.24, 2.45) is 0 Å². The number of para-hydroxylation sites is 1. The van der Waals surface area contributed by atoms with Gasteiger partial charge in [-0.1, -0.05) is 68.8 Å². The lowest BCUT2D eigenvalue weighted by molar-refractivity contribution is -0.417. The fourth-order valence-corrected chi connectivity index (χ4v) is 3.48. The largest absolute Gasteiger partial charge is 0.463 e. The maximum Gasteiger partial charge on any atom is 0.340 e. The van der Waals surface area contributed by atoms with Crippen molar-refractivity contribution in [3.05, 3.63) is 30.3 Å². The maximum atomic E-state index is 7.08. The third kappa shape index (κ3) is 7.61. The van der Waals surface area contributed by atoms with Crippen molar-refractivity contribution in [1.29, 1.82) is 0 Å². The molecule has 156 valence electrons. The first-order valence-corrected chi connectivity index (χ1v) is 10.8. The number of benzene rings is 1. The fourth-order valence-electron chi connectivity index (χ4n) is 3.09. The Balaban J connectivity index is 3.00. The van der Waals surface area contributed by atoms with Crippen LogP contribution in [0, 0.1) is 0 Å². The second kappa shape index (κ2) is 13.4. The summed E-state index contributed by atoms with van der Waals surface area (Å²) in [6.07, 6.45) is 7.51. The molecule has 1 aromatic carbocycles. The first-order valence-electron chi connectivity index (χ1n) is 10.4. The normalized spacial score (nSPS) is 14.1. The van der Waals surface area contributed by atoms with E-state index >= 15 is 0 Å². The number of ether oxygens (including phenoxy) is 4. The molecule has 0 aromatic heterocycles. The van der Waals surface area contributed by atoms with Crippen molar-refractivity contribution in [3.8, 4) is 5.75 Å². The van der Waals surface area contributed by atoms with E-state index in [9.17, 15) is 0 Å². The molecule has 0 saturated carbocycles. The zero-order valence-electron chi connectivity index (χ0n) is 17.5. The lowest BCUT2D eigenvalue weighted by atomic mass is 10.0. The van der Waals surface area contributed by atoms with Crippen molar-refractivity contribution in [3.63, 3.8) is 0 Å². The molecule has 0 amide bonds. The minimum Gasteiger partial charge on any atom is -0.463 e. The summed E-state index contributed by atoms with van der Waals surface area (Å²) in [5.41, 5.74) is 0. The number of hydrogen-bond acceptors (Lipinski definition) is 4. The zero-order valence-corrected chi connectivity index (χ0v) is 18.2. The van der Waals surface area contributed by atoms with Gasteiger partial charge >= 0.3 is 5.97 Å². The summed E-state index contributed by atoms with van der Waals surface area (Å²) in [5, 5.41) is -1.28. The number of hydrogen-bond donors (Lipinski definition) is 0. The van der Waals surface area contributed by atoms with Crippen LogP contribution in [0.1, 0.15) is 72.6 Å². The van der Waals surface area contributed by atoms with Crippen molar-refractivity contribution in [2.45, 2.75) is 83.7 Å². The SMILES string of the molecule is CCCCCCCCC(Cl)(Oc1ccccc1)C(OCC)(OCC)OCC. The van der Waals surface area contributed by atoms with Gasteiger partial charge in [0.05, 0.1) is 0 Å². The van der Waals surface area contributed by atoms with Crippen LogP contribution >= 0.6 is 11.6 Å². The van der Waals surface area contributed by atoms with Crippen molar-refractivity contribution >= 4 is 11.6 Å². The average Bonchev–Trinajstić information content (AvgIpc) is 2.66. The minimum absolute atomic E-state index is 0.406. The molecule has 0 heterocycles. The fraction of sp³-hybridized carbons (Fsp3) is 0.727. The topological polar surface area (TPSA) is 36.9 Å². The van der Waals surface area contributed by atoms with Crippen molar-refractivity contribution in [1.82, 2.24) is 0 Å². The summed E-state index contributed by atoms with van der Waals surface area (Å²) in [4.78, 5) is 0. The van der Waals surface area contributed by atoms with Crippen LogP contribution in [-0.2, 0) is 14.2 Å². The summed E-state index contributed by atoms with van der Waals surface area (Å²) < 4.78 is 24.1. The van der Waals surface area contributed by atoms with Gasteiger partial charge in [-0.3, -0.25) is 0 Å². The number of halogens is 1. The second-order valence-electron chi connectivity index (χ2n) is 6.52. The first-order chi connectivity index (χ1) is 13.1. The van der Waals surface area contributed by atoms with Gasteiger partial charge < -0.3 is 18.9 Å². The lowest BCUT2D eigenvalue weighted by Gasteiger charge is -2.44. The van der Waals surface area contributed by atoms with Crippen LogP contribution in [0.25, 0.3) is 0 Å². The highest BCUT2D eigenvalue weighted by Gasteiger charge is 2.57. The standard InChI is InChI=1S/C22H37ClO4/c1-5-9-10-11-12-16-19-21(23,27-20-17-14-13-15-18-20)22(24-6-2,25-7-3)26-8-4/h13-15,17-18H,5-12,16,19H2,1-4H3. The Hall–Kier alpha value is -0.810.